The number of nitrogens with one attached hydrogen (secondary N) is 1. The van der Waals surface area contributed by atoms with E-state index in [1.54, 1.807) is 7.05 Å². The molecule has 0 heterocycles. The number of amides is 1. The second-order valence-corrected chi connectivity index (χ2v) is 3.17. The molecule has 86 valence electrons. The van der Waals surface area contributed by atoms with Crippen LogP contribution in [0.1, 0.15) is 5.56 Å². The number of nitrogens with zero attached hydrogens (tertiary/aromatic N) is 1. The third kappa shape index (κ3) is 4.56. The Hall–Kier alpha value is -1.88. The molecule has 0 aliphatic carbocycles. The van der Waals surface area contributed by atoms with Gasteiger partial charge in [-0.05, 0) is 12.6 Å². The molecule has 0 atom stereocenters. The van der Waals surface area contributed by atoms with Gasteiger partial charge in [-0.25, -0.2) is 4.79 Å². The highest BCUT2D eigenvalue weighted by molar-refractivity contribution is 5.91. The predicted octanol–water partition coefficient (Wildman–Crippen LogP) is 0.900. The van der Waals surface area contributed by atoms with Gasteiger partial charge in [-0.2, -0.15) is 4.99 Å². The van der Waals surface area contributed by atoms with Crippen molar-refractivity contribution >= 4 is 11.9 Å². The number of hydrogen-bond donors (Lipinski definition) is 2. The Balaban J connectivity index is 2.39. The molecule has 1 aromatic rings. The lowest BCUT2D eigenvalue weighted by molar-refractivity contribution is 0.151. The van der Waals surface area contributed by atoms with Crippen molar-refractivity contribution in [3.63, 3.8) is 0 Å². The van der Waals surface area contributed by atoms with Gasteiger partial charge in [0, 0.05) is 0 Å². The van der Waals surface area contributed by atoms with Crippen molar-refractivity contribution in [2.45, 2.75) is 6.61 Å². The summed E-state index contributed by atoms with van der Waals surface area (Å²) in [6.45, 7) is 0.566. The lowest BCUT2D eigenvalue weighted by atomic mass is 10.2. The summed E-state index contributed by atoms with van der Waals surface area (Å²) in [4.78, 5) is 14.7. The van der Waals surface area contributed by atoms with E-state index in [2.05, 4.69) is 10.3 Å². The highest BCUT2D eigenvalue weighted by Gasteiger charge is 2.01. The number of likely N-dealkylation sites (N-methyl/N-ethyl adjacent to an activating group) is 1. The van der Waals surface area contributed by atoms with Crippen LogP contribution in [0, 0.1) is 0 Å². The van der Waals surface area contributed by atoms with E-state index in [0.717, 1.165) is 5.56 Å². The summed E-state index contributed by atoms with van der Waals surface area (Å²) in [5.41, 5.74) is 6.36. The highest BCUT2D eigenvalue weighted by atomic mass is 16.5. The number of hydrogen-bond acceptors (Lipinski definition) is 3. The molecule has 0 radical (unpaired) electrons. The fourth-order valence-electron chi connectivity index (χ4n) is 1.09. The molecule has 5 heteroatoms. The zero-order valence-electron chi connectivity index (χ0n) is 9.14. The molecule has 0 unspecified atom stereocenters. The van der Waals surface area contributed by atoms with Gasteiger partial charge in [0.15, 0.2) is 0 Å². The minimum atomic E-state index is -0.670. The molecule has 0 saturated heterocycles. The molecule has 1 amide bonds. The van der Waals surface area contributed by atoms with Crippen LogP contribution in [0.4, 0.5) is 4.79 Å². The zero-order valence-corrected chi connectivity index (χ0v) is 9.14. The van der Waals surface area contributed by atoms with Crippen LogP contribution in [-0.4, -0.2) is 25.5 Å². The third-order valence-electron chi connectivity index (χ3n) is 1.80. The number of carbonyl (C=O) groups excluding carboxylic acids is 1. The topological polar surface area (TPSA) is 76.7 Å². The van der Waals surface area contributed by atoms with Gasteiger partial charge in [0.05, 0.1) is 6.54 Å². The van der Waals surface area contributed by atoms with Gasteiger partial charge < -0.3 is 15.8 Å². The van der Waals surface area contributed by atoms with Crippen molar-refractivity contribution in [2.24, 2.45) is 10.7 Å². The Labute approximate surface area is 94.3 Å². The van der Waals surface area contributed by atoms with E-state index in [4.69, 9.17) is 10.5 Å². The van der Waals surface area contributed by atoms with E-state index in [1.807, 2.05) is 30.3 Å². The number of benzene rings is 1. The summed E-state index contributed by atoms with van der Waals surface area (Å²) in [6, 6.07) is 9.39. The number of amidine groups is 1. The summed E-state index contributed by atoms with van der Waals surface area (Å²) >= 11 is 0. The van der Waals surface area contributed by atoms with Gasteiger partial charge >= 0.3 is 6.09 Å². The first-order valence-electron chi connectivity index (χ1n) is 4.90. The van der Waals surface area contributed by atoms with Gasteiger partial charge in [-0.15, -0.1) is 0 Å². The van der Waals surface area contributed by atoms with Gasteiger partial charge in [-0.1, -0.05) is 30.3 Å². The summed E-state index contributed by atoms with van der Waals surface area (Å²) in [7, 11) is 1.72. The number of carbonyl (C=O) groups is 1. The maximum Gasteiger partial charge on any atom is 0.435 e. The molecule has 3 N–H and O–H groups in total. The van der Waals surface area contributed by atoms with Crippen molar-refractivity contribution in [3.8, 4) is 0 Å². The van der Waals surface area contributed by atoms with Crippen LogP contribution in [0.15, 0.2) is 35.3 Å². The maximum atomic E-state index is 11.2. The van der Waals surface area contributed by atoms with Crippen LogP contribution in [0.3, 0.4) is 0 Å². The molecule has 0 saturated carbocycles. The molecule has 0 aliphatic heterocycles. The number of ether oxygens (including phenoxy) is 1. The highest BCUT2D eigenvalue weighted by Crippen LogP contribution is 2.01. The standard InChI is InChI=1S/C11H15N3O2/c1-13-7-10(12)14-11(15)16-8-9-5-3-2-4-6-9/h2-6,13H,7-8H2,1H3,(H2,12,14,15). The van der Waals surface area contributed by atoms with E-state index >= 15 is 0 Å². The quantitative estimate of drug-likeness (QED) is 0.585. The van der Waals surface area contributed by atoms with Crippen molar-refractivity contribution in [2.75, 3.05) is 13.6 Å². The van der Waals surface area contributed by atoms with Gasteiger partial charge in [0.1, 0.15) is 12.4 Å². The largest absolute Gasteiger partial charge is 0.443 e. The van der Waals surface area contributed by atoms with Crippen LogP contribution in [0.2, 0.25) is 0 Å². The van der Waals surface area contributed by atoms with Crippen molar-refractivity contribution in [1.29, 1.82) is 0 Å². The lowest BCUT2D eigenvalue weighted by Crippen LogP contribution is -2.27. The molecular formula is C11H15N3O2. The molecule has 0 fully saturated rings. The molecule has 5 nitrogen and oxygen atoms in total. The monoisotopic (exact) mass is 221 g/mol. The molecule has 1 rings (SSSR count). The molecule has 1 aromatic carbocycles. The lowest BCUT2D eigenvalue weighted by Gasteiger charge is -2.02. The molecule has 0 aliphatic rings. The Morgan fingerprint density at radius 1 is 1.44 bits per heavy atom. The Morgan fingerprint density at radius 3 is 2.75 bits per heavy atom. The van der Waals surface area contributed by atoms with Gasteiger partial charge in [0.25, 0.3) is 0 Å². The van der Waals surface area contributed by atoms with Crippen LogP contribution >= 0.6 is 0 Å². The summed E-state index contributed by atoms with van der Waals surface area (Å²) in [5.74, 6) is 0.209. The van der Waals surface area contributed by atoms with E-state index in [1.165, 1.54) is 0 Å². The van der Waals surface area contributed by atoms with Crippen LogP contribution in [0.5, 0.6) is 0 Å². The molecule has 0 bridgehead atoms. The number of rotatable bonds is 4. The van der Waals surface area contributed by atoms with E-state index in [-0.39, 0.29) is 12.4 Å². The molecular weight excluding hydrogens is 206 g/mol. The summed E-state index contributed by atoms with van der Waals surface area (Å²) in [5, 5.41) is 2.78. The van der Waals surface area contributed by atoms with Crippen LogP contribution in [-0.2, 0) is 11.3 Å². The second-order valence-electron chi connectivity index (χ2n) is 3.17. The van der Waals surface area contributed by atoms with Crippen molar-refractivity contribution < 1.29 is 9.53 Å². The Morgan fingerprint density at radius 2 is 2.12 bits per heavy atom. The Bertz CT molecular complexity index is 363. The molecule has 0 aromatic heterocycles. The van der Waals surface area contributed by atoms with Crippen LogP contribution in [0.25, 0.3) is 0 Å². The van der Waals surface area contributed by atoms with Crippen LogP contribution < -0.4 is 11.1 Å². The maximum absolute atomic E-state index is 11.2. The average molecular weight is 221 g/mol. The van der Waals surface area contributed by atoms with Crippen molar-refractivity contribution in [1.82, 2.24) is 5.32 Å². The number of nitrogens with two attached hydrogens (primary N) is 1. The normalized spacial score (nSPS) is 11.2. The summed E-state index contributed by atoms with van der Waals surface area (Å²) in [6.07, 6.45) is -0.670. The third-order valence-corrected chi connectivity index (χ3v) is 1.80. The number of aliphatic imine (C=N–C) groups is 1. The SMILES string of the molecule is CNCC(N)=NC(=O)OCc1ccccc1. The Kier molecular flexibility index (Phi) is 5.01. The second kappa shape index (κ2) is 6.58. The first-order chi connectivity index (χ1) is 7.72. The first-order valence-corrected chi connectivity index (χ1v) is 4.90. The van der Waals surface area contributed by atoms with E-state index in [0.29, 0.717) is 6.54 Å². The fraction of sp³-hybridized carbons (Fsp3) is 0.273. The predicted molar refractivity (Wildman–Crippen MR) is 62.2 cm³/mol. The summed E-state index contributed by atoms with van der Waals surface area (Å²) < 4.78 is 4.91. The molecule has 16 heavy (non-hydrogen) atoms. The van der Waals surface area contributed by atoms with E-state index < -0.39 is 6.09 Å². The fourth-order valence-corrected chi connectivity index (χ4v) is 1.09. The minimum absolute atomic E-state index is 0.204. The first kappa shape index (κ1) is 12.2. The minimum Gasteiger partial charge on any atom is -0.443 e. The molecule has 0 spiro atoms. The van der Waals surface area contributed by atoms with E-state index in [9.17, 15) is 4.79 Å². The zero-order chi connectivity index (χ0) is 11.8. The van der Waals surface area contributed by atoms with Gasteiger partial charge in [-0.3, -0.25) is 0 Å². The smallest absolute Gasteiger partial charge is 0.435 e. The van der Waals surface area contributed by atoms with Gasteiger partial charge in [0.2, 0.25) is 0 Å². The average Bonchev–Trinajstić information content (AvgIpc) is 2.28. The van der Waals surface area contributed by atoms with Crippen molar-refractivity contribution in [3.05, 3.63) is 35.9 Å².